The van der Waals surface area contributed by atoms with Gasteiger partial charge in [0.1, 0.15) is 17.1 Å². The van der Waals surface area contributed by atoms with Crippen molar-refractivity contribution >= 4 is 34.3 Å². The number of carbonyl (C=O) groups excluding carboxylic acids is 1. The zero-order valence-corrected chi connectivity index (χ0v) is 18.9. The standard InChI is InChI=1S/C24H21FN4O7/c25-19-11-17-20(28(14-1-2-14)13-18(22(17)30)23(31)32)12-21(19)26-7-9-27(10-8-26)24(33)36-16-5-3-15(4-6-16)29(34)35/h3-6,11-14H,1-2,7-10H2,(H,31,32). The zero-order chi connectivity index (χ0) is 25.6. The van der Waals surface area contributed by atoms with E-state index in [0.717, 1.165) is 18.9 Å². The summed E-state index contributed by atoms with van der Waals surface area (Å²) in [4.78, 5) is 50.1. The first-order valence-corrected chi connectivity index (χ1v) is 11.3. The fraction of sp³-hybridized carbons (Fsp3) is 0.292. The smallest absolute Gasteiger partial charge is 0.415 e. The van der Waals surface area contributed by atoms with Crippen LogP contribution in [0.5, 0.6) is 5.75 Å². The van der Waals surface area contributed by atoms with Crippen molar-refractivity contribution in [2.75, 3.05) is 31.1 Å². The molecule has 1 amide bonds. The van der Waals surface area contributed by atoms with Gasteiger partial charge in [-0.1, -0.05) is 0 Å². The topological polar surface area (TPSA) is 135 Å². The summed E-state index contributed by atoms with van der Waals surface area (Å²) in [6.45, 7) is 1.10. The van der Waals surface area contributed by atoms with Crippen LogP contribution in [0, 0.1) is 15.9 Å². The van der Waals surface area contributed by atoms with Crippen molar-refractivity contribution in [3.05, 3.63) is 74.3 Å². The molecule has 36 heavy (non-hydrogen) atoms. The molecule has 1 saturated carbocycles. The number of aromatic nitrogens is 1. The van der Waals surface area contributed by atoms with Gasteiger partial charge in [0, 0.05) is 55.9 Å². The van der Waals surface area contributed by atoms with Crippen molar-refractivity contribution in [2.45, 2.75) is 18.9 Å². The third-order valence-corrected chi connectivity index (χ3v) is 6.40. The summed E-state index contributed by atoms with van der Waals surface area (Å²) in [5, 5.41) is 20.2. The highest BCUT2D eigenvalue weighted by atomic mass is 19.1. The molecule has 0 radical (unpaired) electrons. The average molecular weight is 496 g/mol. The van der Waals surface area contributed by atoms with Gasteiger partial charge in [0.15, 0.2) is 0 Å². The van der Waals surface area contributed by atoms with Crippen LogP contribution in [0.15, 0.2) is 47.4 Å². The van der Waals surface area contributed by atoms with Crippen molar-refractivity contribution in [3.63, 3.8) is 0 Å². The van der Waals surface area contributed by atoms with Crippen LogP contribution in [0.2, 0.25) is 0 Å². The summed E-state index contributed by atoms with van der Waals surface area (Å²) in [7, 11) is 0. The predicted octanol–water partition coefficient (Wildman–Crippen LogP) is 3.40. The van der Waals surface area contributed by atoms with Crippen molar-refractivity contribution < 1.29 is 28.7 Å². The van der Waals surface area contributed by atoms with Crippen molar-refractivity contribution in [2.24, 2.45) is 0 Å². The third kappa shape index (κ3) is 4.32. The number of nitro groups is 1. The molecule has 1 N–H and O–H groups in total. The molecule has 0 atom stereocenters. The Labute approximate surface area is 203 Å². The molecule has 0 bridgehead atoms. The molecule has 186 valence electrons. The van der Waals surface area contributed by atoms with Gasteiger partial charge in [0.25, 0.3) is 5.69 Å². The van der Waals surface area contributed by atoms with Crippen molar-refractivity contribution in [1.29, 1.82) is 0 Å². The Kier molecular flexibility index (Phi) is 5.78. The first-order chi connectivity index (χ1) is 17.2. The molecule has 2 heterocycles. The lowest BCUT2D eigenvalue weighted by atomic mass is 10.1. The maximum absolute atomic E-state index is 15.1. The first kappa shape index (κ1) is 23.3. The summed E-state index contributed by atoms with van der Waals surface area (Å²) in [6, 6.07) is 7.88. The second-order valence-corrected chi connectivity index (χ2v) is 8.73. The molecule has 3 aromatic rings. The van der Waals surface area contributed by atoms with Crippen molar-refractivity contribution in [1.82, 2.24) is 9.47 Å². The number of nitro benzene ring substituents is 1. The van der Waals surface area contributed by atoms with Gasteiger partial charge in [0.2, 0.25) is 5.43 Å². The number of pyridine rings is 1. The molecule has 2 aliphatic rings. The van der Waals surface area contributed by atoms with Gasteiger partial charge in [0.05, 0.1) is 16.1 Å². The minimum Gasteiger partial charge on any atom is -0.477 e. The summed E-state index contributed by atoms with van der Waals surface area (Å²) >= 11 is 0. The van der Waals surface area contributed by atoms with E-state index >= 15 is 4.39 Å². The normalized spacial score (nSPS) is 15.7. The maximum atomic E-state index is 15.1. The second kappa shape index (κ2) is 8.95. The number of fused-ring (bicyclic) bond motifs is 1. The summed E-state index contributed by atoms with van der Waals surface area (Å²) in [5.74, 6) is -1.82. The number of carboxylic acid groups (broad SMARTS) is 1. The lowest BCUT2D eigenvalue weighted by molar-refractivity contribution is -0.384. The monoisotopic (exact) mass is 496 g/mol. The van der Waals surface area contributed by atoms with Gasteiger partial charge in [-0.05, 0) is 37.1 Å². The summed E-state index contributed by atoms with van der Waals surface area (Å²) in [6.07, 6.45) is 2.41. The number of aromatic carboxylic acids is 1. The largest absolute Gasteiger partial charge is 0.477 e. The van der Waals surface area contributed by atoms with Gasteiger partial charge in [-0.25, -0.2) is 14.0 Å². The number of ether oxygens (including phenoxy) is 1. The lowest BCUT2D eigenvalue weighted by Crippen LogP contribution is -2.49. The minimum absolute atomic E-state index is 0.0216. The van der Waals surface area contributed by atoms with Crippen LogP contribution in [-0.4, -0.2) is 57.7 Å². The molecule has 0 unspecified atom stereocenters. The quantitative estimate of drug-likeness (QED) is 0.419. The predicted molar refractivity (Wildman–Crippen MR) is 126 cm³/mol. The number of carboxylic acids is 1. The van der Waals surface area contributed by atoms with E-state index in [1.807, 2.05) is 0 Å². The van der Waals surface area contributed by atoms with E-state index in [1.165, 1.54) is 35.4 Å². The SMILES string of the molecule is O=C(O)c1cn(C2CC2)c2cc(N3CCN(C(=O)Oc4ccc([N+](=O)[O-])cc4)CC3)c(F)cc2c1=O. The van der Waals surface area contributed by atoms with Crippen LogP contribution in [0.1, 0.15) is 29.2 Å². The molecule has 1 aliphatic heterocycles. The molecule has 5 rings (SSSR count). The number of hydrogen-bond donors (Lipinski definition) is 1. The van der Waals surface area contributed by atoms with Gasteiger partial charge in [-0.2, -0.15) is 0 Å². The number of hydrogen-bond acceptors (Lipinski definition) is 7. The summed E-state index contributed by atoms with van der Waals surface area (Å²) < 4.78 is 22.1. The Morgan fingerprint density at radius 3 is 2.33 bits per heavy atom. The molecular weight excluding hydrogens is 475 g/mol. The van der Waals surface area contributed by atoms with E-state index in [2.05, 4.69) is 0 Å². The van der Waals surface area contributed by atoms with Crippen molar-refractivity contribution in [3.8, 4) is 5.75 Å². The lowest BCUT2D eigenvalue weighted by Gasteiger charge is -2.35. The van der Waals surface area contributed by atoms with Crippen LogP contribution < -0.4 is 15.1 Å². The Hall–Kier alpha value is -4.48. The maximum Gasteiger partial charge on any atom is 0.415 e. The third-order valence-electron chi connectivity index (χ3n) is 6.40. The molecule has 2 fully saturated rings. The van der Waals surface area contributed by atoms with Gasteiger partial charge >= 0.3 is 12.1 Å². The number of anilines is 1. The van der Waals surface area contributed by atoms with Gasteiger partial charge in [-0.15, -0.1) is 0 Å². The molecular formula is C24H21FN4O7. The molecule has 1 aromatic heterocycles. The number of rotatable bonds is 5. The molecule has 11 nitrogen and oxygen atoms in total. The Balaban J connectivity index is 1.33. The number of piperazine rings is 1. The zero-order valence-electron chi connectivity index (χ0n) is 18.9. The Morgan fingerprint density at radius 1 is 1.08 bits per heavy atom. The van der Waals surface area contributed by atoms with Crippen LogP contribution in [0.4, 0.5) is 20.6 Å². The molecule has 1 aliphatic carbocycles. The fourth-order valence-electron chi connectivity index (χ4n) is 4.34. The van der Waals surface area contributed by atoms with E-state index in [9.17, 15) is 29.6 Å². The van der Waals surface area contributed by atoms with E-state index in [4.69, 9.17) is 4.74 Å². The van der Waals surface area contributed by atoms with E-state index in [1.54, 1.807) is 15.5 Å². The number of amides is 1. The van der Waals surface area contributed by atoms with E-state index in [0.29, 0.717) is 18.6 Å². The second-order valence-electron chi connectivity index (χ2n) is 8.73. The van der Waals surface area contributed by atoms with Crippen LogP contribution in [-0.2, 0) is 0 Å². The minimum atomic E-state index is -1.35. The molecule has 12 heteroatoms. The highest BCUT2D eigenvalue weighted by Gasteiger charge is 2.29. The highest BCUT2D eigenvalue weighted by Crippen LogP contribution is 2.38. The molecule has 1 saturated heterocycles. The Morgan fingerprint density at radius 2 is 1.75 bits per heavy atom. The van der Waals surface area contributed by atoms with Gasteiger partial charge < -0.3 is 24.2 Å². The number of non-ortho nitro benzene ring substituents is 1. The van der Waals surface area contributed by atoms with Crippen LogP contribution in [0.3, 0.4) is 0 Å². The Bertz CT molecular complexity index is 1440. The van der Waals surface area contributed by atoms with Gasteiger partial charge in [-0.3, -0.25) is 14.9 Å². The average Bonchev–Trinajstić information content (AvgIpc) is 3.70. The number of benzene rings is 2. The highest BCUT2D eigenvalue weighted by molar-refractivity contribution is 5.93. The van der Waals surface area contributed by atoms with E-state index < -0.39 is 28.2 Å². The van der Waals surface area contributed by atoms with E-state index in [-0.39, 0.29) is 47.2 Å². The van der Waals surface area contributed by atoms with Crippen LogP contribution in [0.25, 0.3) is 10.9 Å². The number of halogens is 1. The summed E-state index contributed by atoms with van der Waals surface area (Å²) in [5.41, 5.74) is -0.487. The first-order valence-electron chi connectivity index (χ1n) is 11.3. The fourth-order valence-corrected chi connectivity index (χ4v) is 4.34. The number of nitrogens with zero attached hydrogens (tertiary/aromatic N) is 4. The van der Waals surface area contributed by atoms with Crippen LogP contribution >= 0.6 is 0 Å². The molecule has 2 aromatic carbocycles. The number of carbonyl (C=O) groups is 2. The molecule has 0 spiro atoms.